The predicted molar refractivity (Wildman–Crippen MR) is 66.9 cm³/mol. The van der Waals surface area contributed by atoms with E-state index in [1.54, 1.807) is 0 Å². The molecule has 0 heterocycles. The topological polar surface area (TPSA) is 102 Å². The van der Waals surface area contributed by atoms with Gasteiger partial charge in [0.1, 0.15) is 11.9 Å². The van der Waals surface area contributed by atoms with Crippen LogP contribution in [0.15, 0.2) is 24.3 Å². The molecular weight excluding hydrogens is 268 g/mol. The molecule has 1 rings (SSSR count). The molecule has 0 aromatic heterocycles. The van der Waals surface area contributed by atoms with E-state index in [0.29, 0.717) is 11.3 Å². The van der Waals surface area contributed by atoms with Crippen LogP contribution in [0.25, 0.3) is 0 Å². The van der Waals surface area contributed by atoms with Crippen LogP contribution in [0.5, 0.6) is 5.75 Å². The Morgan fingerprint density at radius 3 is 2.20 bits per heavy atom. The lowest BCUT2D eigenvalue weighted by Crippen LogP contribution is -2.28. The van der Waals surface area contributed by atoms with Crippen molar-refractivity contribution in [1.82, 2.24) is 0 Å². The molecule has 0 aliphatic rings. The Labute approximate surface area is 115 Å². The molecule has 1 aromatic carbocycles. The molecule has 110 valence electrons. The summed E-state index contributed by atoms with van der Waals surface area (Å²) in [5, 5.41) is 19.3. The molecule has 1 aromatic rings. The highest BCUT2D eigenvalue weighted by molar-refractivity contribution is 5.75. The number of aliphatic hydroxyl groups excluding tert-OH is 2. The van der Waals surface area contributed by atoms with Gasteiger partial charge in [-0.1, -0.05) is 12.1 Å². The Bertz CT molecular complexity index is 454. The summed E-state index contributed by atoms with van der Waals surface area (Å²) in [6.07, 6.45) is -3.07. The highest BCUT2D eigenvalue weighted by atomic mass is 16.6. The van der Waals surface area contributed by atoms with Crippen molar-refractivity contribution in [2.45, 2.75) is 12.2 Å². The van der Waals surface area contributed by atoms with Crippen molar-refractivity contribution in [2.24, 2.45) is 0 Å². The van der Waals surface area contributed by atoms with E-state index in [4.69, 9.17) is 4.74 Å². The second-order valence-electron chi connectivity index (χ2n) is 3.85. The second kappa shape index (κ2) is 7.46. The number of carbonyl (C=O) groups is 2. The zero-order valence-electron chi connectivity index (χ0n) is 11.1. The summed E-state index contributed by atoms with van der Waals surface area (Å²) >= 11 is 0. The van der Waals surface area contributed by atoms with Crippen LogP contribution in [-0.4, -0.2) is 49.1 Å². The number of ether oxygens (including phenoxy) is 3. The van der Waals surface area contributed by atoms with Gasteiger partial charge in [-0.2, -0.15) is 0 Å². The molecule has 0 aliphatic heterocycles. The van der Waals surface area contributed by atoms with Gasteiger partial charge in [-0.15, -0.1) is 0 Å². The van der Waals surface area contributed by atoms with Gasteiger partial charge in [-0.05, 0) is 17.7 Å². The summed E-state index contributed by atoms with van der Waals surface area (Å²) in [5.74, 6) is -1.06. The summed E-state index contributed by atoms with van der Waals surface area (Å²) in [4.78, 5) is 22.0. The summed E-state index contributed by atoms with van der Waals surface area (Å²) in [5.41, 5.74) is 0.313. The number of benzene rings is 1. The molecule has 2 N–H and O–H groups in total. The molecule has 7 nitrogen and oxygen atoms in total. The van der Waals surface area contributed by atoms with Crippen LogP contribution < -0.4 is 4.74 Å². The van der Waals surface area contributed by atoms with E-state index >= 15 is 0 Å². The SMILES string of the molecule is COC(=O)COc1ccc(C(O)C(O)C(=O)OC)cc1. The summed E-state index contributed by atoms with van der Waals surface area (Å²) in [6, 6.07) is 5.91. The molecule has 2 atom stereocenters. The fraction of sp³-hybridized carbons (Fsp3) is 0.385. The monoisotopic (exact) mass is 284 g/mol. The van der Waals surface area contributed by atoms with Gasteiger partial charge >= 0.3 is 11.9 Å². The van der Waals surface area contributed by atoms with Crippen molar-refractivity contribution in [3.05, 3.63) is 29.8 Å². The largest absolute Gasteiger partial charge is 0.482 e. The summed E-state index contributed by atoms with van der Waals surface area (Å²) in [6.45, 7) is -0.233. The Hall–Kier alpha value is -2.12. The third-order valence-corrected chi connectivity index (χ3v) is 2.55. The summed E-state index contributed by atoms with van der Waals surface area (Å²) < 4.78 is 13.9. The number of hydrogen-bond acceptors (Lipinski definition) is 7. The van der Waals surface area contributed by atoms with Gasteiger partial charge in [0.25, 0.3) is 0 Å². The van der Waals surface area contributed by atoms with Gasteiger partial charge in [-0.3, -0.25) is 0 Å². The number of esters is 2. The van der Waals surface area contributed by atoms with Crippen LogP contribution in [0.2, 0.25) is 0 Å². The quantitative estimate of drug-likeness (QED) is 0.698. The van der Waals surface area contributed by atoms with E-state index in [-0.39, 0.29) is 6.61 Å². The smallest absolute Gasteiger partial charge is 0.343 e. The van der Waals surface area contributed by atoms with Gasteiger partial charge in [0.15, 0.2) is 12.7 Å². The van der Waals surface area contributed by atoms with E-state index in [0.717, 1.165) is 7.11 Å². The van der Waals surface area contributed by atoms with E-state index in [1.165, 1.54) is 31.4 Å². The van der Waals surface area contributed by atoms with Crippen LogP contribution in [0.4, 0.5) is 0 Å². The van der Waals surface area contributed by atoms with Gasteiger partial charge < -0.3 is 24.4 Å². The van der Waals surface area contributed by atoms with Crippen molar-refractivity contribution in [3.63, 3.8) is 0 Å². The number of rotatable bonds is 6. The lowest BCUT2D eigenvalue weighted by molar-refractivity contribution is -0.156. The molecular formula is C13H16O7. The molecule has 0 amide bonds. The van der Waals surface area contributed by atoms with Crippen LogP contribution in [-0.2, 0) is 19.1 Å². The fourth-order valence-electron chi connectivity index (χ4n) is 1.39. The average molecular weight is 284 g/mol. The Morgan fingerprint density at radius 2 is 1.70 bits per heavy atom. The number of methoxy groups -OCH3 is 2. The molecule has 20 heavy (non-hydrogen) atoms. The van der Waals surface area contributed by atoms with Crippen molar-refractivity contribution < 1.29 is 34.0 Å². The first-order chi connectivity index (χ1) is 9.49. The first kappa shape index (κ1) is 15.9. The predicted octanol–water partition coefficient (Wildman–Crippen LogP) is -0.194. The number of aliphatic hydroxyl groups is 2. The maximum Gasteiger partial charge on any atom is 0.343 e. The van der Waals surface area contributed by atoms with Gasteiger partial charge in [0.2, 0.25) is 0 Å². The molecule has 0 fully saturated rings. The lowest BCUT2D eigenvalue weighted by Gasteiger charge is -2.16. The van der Waals surface area contributed by atoms with Crippen molar-refractivity contribution in [2.75, 3.05) is 20.8 Å². The molecule has 0 saturated carbocycles. The Balaban J connectivity index is 2.66. The number of carbonyl (C=O) groups excluding carboxylic acids is 2. The molecule has 2 unspecified atom stereocenters. The molecule has 0 bridgehead atoms. The maximum atomic E-state index is 11.1. The zero-order valence-corrected chi connectivity index (χ0v) is 11.1. The first-order valence-corrected chi connectivity index (χ1v) is 5.73. The lowest BCUT2D eigenvalue weighted by atomic mass is 10.0. The van der Waals surface area contributed by atoms with Crippen LogP contribution in [0.3, 0.4) is 0 Å². The second-order valence-corrected chi connectivity index (χ2v) is 3.85. The molecule has 0 radical (unpaired) electrons. The first-order valence-electron chi connectivity index (χ1n) is 5.73. The zero-order chi connectivity index (χ0) is 15.1. The van der Waals surface area contributed by atoms with Gasteiger partial charge in [-0.25, -0.2) is 9.59 Å². The van der Waals surface area contributed by atoms with E-state index in [1.807, 2.05) is 0 Å². The highest BCUT2D eigenvalue weighted by Gasteiger charge is 2.26. The minimum Gasteiger partial charge on any atom is -0.482 e. The van der Waals surface area contributed by atoms with E-state index in [9.17, 15) is 19.8 Å². The van der Waals surface area contributed by atoms with Crippen LogP contribution in [0, 0.1) is 0 Å². The Morgan fingerprint density at radius 1 is 1.10 bits per heavy atom. The average Bonchev–Trinajstić information content (AvgIpc) is 2.50. The van der Waals surface area contributed by atoms with Crippen molar-refractivity contribution in [3.8, 4) is 5.75 Å². The molecule has 0 saturated heterocycles. The van der Waals surface area contributed by atoms with Gasteiger partial charge in [0.05, 0.1) is 14.2 Å². The van der Waals surface area contributed by atoms with E-state index < -0.39 is 24.1 Å². The minimum atomic E-state index is -1.66. The minimum absolute atomic E-state index is 0.233. The van der Waals surface area contributed by atoms with Crippen molar-refractivity contribution >= 4 is 11.9 Å². The van der Waals surface area contributed by atoms with E-state index in [2.05, 4.69) is 9.47 Å². The highest BCUT2D eigenvalue weighted by Crippen LogP contribution is 2.21. The molecule has 0 aliphatic carbocycles. The normalized spacial score (nSPS) is 13.2. The third-order valence-electron chi connectivity index (χ3n) is 2.55. The van der Waals surface area contributed by atoms with Crippen LogP contribution in [0.1, 0.15) is 11.7 Å². The standard InChI is InChI=1S/C13H16O7/c1-18-10(14)7-20-9-5-3-8(4-6-9)11(15)12(16)13(17)19-2/h3-6,11-12,15-16H,7H2,1-2H3. The Kier molecular flexibility index (Phi) is 5.95. The number of hydrogen-bond donors (Lipinski definition) is 2. The fourth-order valence-corrected chi connectivity index (χ4v) is 1.39. The third kappa shape index (κ3) is 4.22. The maximum absolute atomic E-state index is 11.1. The molecule has 0 spiro atoms. The van der Waals surface area contributed by atoms with Gasteiger partial charge in [0, 0.05) is 0 Å². The van der Waals surface area contributed by atoms with Crippen LogP contribution >= 0.6 is 0 Å². The van der Waals surface area contributed by atoms with Crippen molar-refractivity contribution in [1.29, 1.82) is 0 Å². The molecule has 7 heteroatoms. The summed E-state index contributed by atoms with van der Waals surface area (Å²) in [7, 11) is 2.36.